The van der Waals surface area contributed by atoms with Crippen LogP contribution in [-0.4, -0.2) is 30.2 Å². The molecule has 1 aromatic rings. The number of benzene rings is 1. The number of hydrogen-bond donors (Lipinski definition) is 1. The highest BCUT2D eigenvalue weighted by Gasteiger charge is 2.44. The minimum Gasteiger partial charge on any atom is -0.493 e. The molecule has 1 heterocycles. The first-order valence-corrected chi connectivity index (χ1v) is 6.40. The number of hydrogen-bond acceptors (Lipinski definition) is 3. The summed E-state index contributed by atoms with van der Waals surface area (Å²) in [6.45, 7) is 0.616. The molecule has 108 valence electrons. The molecule has 0 bridgehead atoms. The minimum atomic E-state index is -3.33. The van der Waals surface area contributed by atoms with E-state index in [2.05, 4.69) is 15.9 Å². The third kappa shape index (κ3) is 2.63. The average Bonchev–Trinajstić information content (AvgIpc) is 2.34. The monoisotopic (exact) mass is 348 g/mol. The topological polar surface area (TPSA) is 55.8 Å². The maximum absolute atomic E-state index is 13.5. The average molecular weight is 349 g/mol. The Morgan fingerprint density at radius 1 is 1.50 bits per heavy atom. The highest BCUT2D eigenvalue weighted by atomic mass is 79.9. The van der Waals surface area contributed by atoms with Crippen molar-refractivity contribution < 1.29 is 28.2 Å². The van der Waals surface area contributed by atoms with Gasteiger partial charge in [-0.25, -0.2) is 13.6 Å². The van der Waals surface area contributed by atoms with E-state index in [9.17, 15) is 13.6 Å². The van der Waals surface area contributed by atoms with Crippen LogP contribution in [0.3, 0.4) is 0 Å². The number of fused-ring (bicyclic) bond motifs is 1. The molecule has 0 saturated heterocycles. The normalized spacial score (nSPS) is 17.9. The fourth-order valence-electron chi connectivity index (χ4n) is 1.95. The lowest BCUT2D eigenvalue weighted by Gasteiger charge is -2.30. The van der Waals surface area contributed by atoms with Gasteiger partial charge >= 0.3 is 5.97 Å². The summed E-state index contributed by atoms with van der Waals surface area (Å²) in [5.74, 6) is -4.42. The van der Waals surface area contributed by atoms with Crippen molar-refractivity contribution in [2.45, 2.75) is 19.0 Å². The van der Waals surface area contributed by atoms with E-state index in [-0.39, 0.29) is 11.5 Å². The second kappa shape index (κ2) is 5.05. The molecule has 1 atom stereocenters. The molecule has 0 aromatic heterocycles. The Morgan fingerprint density at radius 3 is 2.65 bits per heavy atom. The number of aliphatic carboxylic acids is 1. The Hall–Kier alpha value is -1.63. The Bertz CT molecular complexity index is 593. The van der Waals surface area contributed by atoms with E-state index in [0.29, 0.717) is 17.0 Å². The van der Waals surface area contributed by atoms with E-state index < -0.39 is 23.6 Å². The highest BCUT2D eigenvalue weighted by Crippen LogP contribution is 2.43. The maximum atomic E-state index is 13.5. The molecular weight excluding hydrogens is 338 g/mol. The smallest absolute Gasteiger partial charge is 0.335 e. The molecule has 1 aliphatic rings. The van der Waals surface area contributed by atoms with Crippen LogP contribution in [0.2, 0.25) is 0 Å². The Labute approximate surface area is 122 Å². The van der Waals surface area contributed by atoms with Crippen LogP contribution in [0.5, 0.6) is 11.5 Å². The summed E-state index contributed by atoms with van der Waals surface area (Å²) < 4.78 is 38.0. The number of carbonyl (C=O) groups is 1. The summed E-state index contributed by atoms with van der Waals surface area (Å²) in [4.78, 5) is 11.1. The fourth-order valence-corrected chi connectivity index (χ4v) is 2.40. The minimum absolute atomic E-state index is 0.104. The first kappa shape index (κ1) is 14.8. The number of carboxylic acid groups (broad SMARTS) is 1. The molecule has 1 aliphatic heterocycles. The van der Waals surface area contributed by atoms with Gasteiger partial charge in [0.25, 0.3) is 5.92 Å². The number of carboxylic acids is 1. The summed E-state index contributed by atoms with van der Waals surface area (Å²) in [5.41, 5.74) is -0.126. The van der Waals surface area contributed by atoms with Gasteiger partial charge < -0.3 is 14.6 Å². The third-order valence-electron chi connectivity index (χ3n) is 2.80. The molecular formula is C13H11BrF2O4. The quantitative estimate of drug-likeness (QED) is 0.910. The van der Waals surface area contributed by atoms with Crippen LogP contribution in [0.15, 0.2) is 22.2 Å². The van der Waals surface area contributed by atoms with Crippen molar-refractivity contribution in [3.05, 3.63) is 27.7 Å². The van der Waals surface area contributed by atoms with Gasteiger partial charge in [-0.05, 0) is 18.2 Å². The molecule has 1 aromatic carbocycles. The molecule has 0 radical (unpaired) electrons. The predicted octanol–water partition coefficient (Wildman–Crippen LogP) is 3.34. The molecule has 2 rings (SSSR count). The van der Waals surface area contributed by atoms with Crippen LogP contribution in [0.4, 0.5) is 8.78 Å². The first-order valence-electron chi connectivity index (χ1n) is 5.61. The van der Waals surface area contributed by atoms with Crippen molar-refractivity contribution in [3.63, 3.8) is 0 Å². The van der Waals surface area contributed by atoms with Gasteiger partial charge in [0, 0.05) is 17.0 Å². The molecule has 0 spiro atoms. The summed E-state index contributed by atoms with van der Waals surface area (Å²) in [6.07, 6.45) is -0.682. The van der Waals surface area contributed by atoms with Gasteiger partial charge in [-0.3, -0.25) is 0 Å². The third-order valence-corrected chi connectivity index (χ3v) is 3.26. The van der Waals surface area contributed by atoms with Crippen LogP contribution in [0, 0.1) is 0 Å². The maximum Gasteiger partial charge on any atom is 0.335 e. The van der Waals surface area contributed by atoms with Gasteiger partial charge in [0.1, 0.15) is 0 Å². The summed E-state index contributed by atoms with van der Waals surface area (Å²) in [7, 11) is 1.38. The standard InChI is InChI=1S/C13H11BrF2O4/c1-13(15,16)11-8(12(17)18)4-6-3-7(14)5-9(19-2)10(6)20-11/h3-5,11H,1-2H3,(H,17,18). The predicted molar refractivity (Wildman–Crippen MR) is 71.3 cm³/mol. The molecule has 0 fully saturated rings. The fraction of sp³-hybridized carbons (Fsp3) is 0.308. The molecule has 20 heavy (non-hydrogen) atoms. The zero-order chi connectivity index (χ0) is 15.1. The molecule has 4 nitrogen and oxygen atoms in total. The molecule has 0 amide bonds. The number of ether oxygens (including phenoxy) is 2. The van der Waals surface area contributed by atoms with Gasteiger partial charge in [0.15, 0.2) is 17.6 Å². The lowest BCUT2D eigenvalue weighted by atomic mass is 9.98. The Kier molecular flexibility index (Phi) is 3.73. The summed E-state index contributed by atoms with van der Waals surface area (Å²) in [6, 6.07) is 3.13. The van der Waals surface area contributed by atoms with Crippen molar-refractivity contribution in [2.75, 3.05) is 7.11 Å². The molecule has 0 saturated carbocycles. The van der Waals surface area contributed by atoms with Crippen LogP contribution >= 0.6 is 15.9 Å². The van der Waals surface area contributed by atoms with Crippen LogP contribution in [0.25, 0.3) is 6.08 Å². The SMILES string of the molecule is COc1cc(Br)cc2c1OC(C(C)(F)F)C(C(=O)O)=C2. The van der Waals surface area contributed by atoms with Crippen molar-refractivity contribution >= 4 is 28.0 Å². The van der Waals surface area contributed by atoms with E-state index in [1.807, 2.05) is 0 Å². The molecule has 1 N–H and O–H groups in total. The first-order chi connectivity index (χ1) is 9.24. The van der Waals surface area contributed by atoms with Crippen molar-refractivity contribution in [3.8, 4) is 11.5 Å². The zero-order valence-electron chi connectivity index (χ0n) is 10.6. The van der Waals surface area contributed by atoms with E-state index in [1.165, 1.54) is 13.2 Å². The summed E-state index contributed by atoms with van der Waals surface area (Å²) in [5, 5.41) is 9.07. The van der Waals surface area contributed by atoms with E-state index in [0.717, 1.165) is 0 Å². The van der Waals surface area contributed by atoms with Crippen molar-refractivity contribution in [2.24, 2.45) is 0 Å². The highest BCUT2D eigenvalue weighted by molar-refractivity contribution is 9.10. The lowest BCUT2D eigenvalue weighted by molar-refractivity contribution is -0.137. The number of halogens is 3. The second-order valence-electron chi connectivity index (χ2n) is 4.39. The van der Waals surface area contributed by atoms with Crippen molar-refractivity contribution in [1.82, 2.24) is 0 Å². The lowest BCUT2D eigenvalue weighted by Crippen LogP contribution is -2.41. The van der Waals surface area contributed by atoms with Gasteiger partial charge in [-0.2, -0.15) is 0 Å². The van der Waals surface area contributed by atoms with E-state index in [1.54, 1.807) is 12.1 Å². The zero-order valence-corrected chi connectivity index (χ0v) is 12.2. The van der Waals surface area contributed by atoms with Crippen molar-refractivity contribution in [1.29, 1.82) is 0 Å². The van der Waals surface area contributed by atoms with Gasteiger partial charge in [0.05, 0.1) is 12.7 Å². The van der Waals surface area contributed by atoms with Crippen LogP contribution < -0.4 is 9.47 Å². The van der Waals surface area contributed by atoms with Crippen LogP contribution in [-0.2, 0) is 4.79 Å². The molecule has 0 aliphatic carbocycles. The van der Waals surface area contributed by atoms with Crippen LogP contribution in [0.1, 0.15) is 12.5 Å². The van der Waals surface area contributed by atoms with E-state index in [4.69, 9.17) is 14.6 Å². The van der Waals surface area contributed by atoms with E-state index >= 15 is 0 Å². The number of alkyl halides is 2. The van der Waals surface area contributed by atoms with Gasteiger partial charge in [-0.15, -0.1) is 0 Å². The van der Waals surface area contributed by atoms with Gasteiger partial charge in [0.2, 0.25) is 0 Å². The number of rotatable bonds is 3. The molecule has 7 heteroatoms. The van der Waals surface area contributed by atoms with Gasteiger partial charge in [-0.1, -0.05) is 15.9 Å². The number of methoxy groups -OCH3 is 1. The molecule has 1 unspecified atom stereocenters. The largest absolute Gasteiger partial charge is 0.493 e. The Balaban J connectivity index is 2.62. The summed E-state index contributed by atoms with van der Waals surface area (Å²) >= 11 is 3.23. The Morgan fingerprint density at radius 2 is 2.15 bits per heavy atom. The second-order valence-corrected chi connectivity index (χ2v) is 5.30.